The van der Waals surface area contributed by atoms with Crippen molar-refractivity contribution in [3.05, 3.63) is 28.2 Å². The van der Waals surface area contributed by atoms with E-state index in [0.29, 0.717) is 0 Å². The molecule has 1 rings (SSSR count). The van der Waals surface area contributed by atoms with Gasteiger partial charge in [0.1, 0.15) is 5.75 Å². The number of carbonyl (C=O) groups excluding carboxylic acids is 1. The van der Waals surface area contributed by atoms with E-state index in [-0.39, 0.29) is 4.47 Å². The van der Waals surface area contributed by atoms with Gasteiger partial charge in [-0.2, -0.15) is 0 Å². The van der Waals surface area contributed by atoms with E-state index in [1.165, 1.54) is 6.07 Å². The fraction of sp³-hybridized carbons (Fsp3) is 0.222. The third-order valence-corrected chi connectivity index (χ3v) is 2.13. The Bertz CT molecular complexity index is 430. The third kappa shape index (κ3) is 3.95. The Labute approximate surface area is 100 Å². The summed E-state index contributed by atoms with van der Waals surface area (Å²) >= 11 is 2.84. The molecule has 1 aromatic carbocycles. The molecule has 0 radical (unpaired) electrons. The van der Waals surface area contributed by atoms with Gasteiger partial charge in [-0.25, -0.2) is 8.78 Å². The molecule has 17 heavy (non-hydrogen) atoms. The third-order valence-electron chi connectivity index (χ3n) is 1.63. The molecule has 0 aliphatic heterocycles. The molecule has 0 heterocycles. The van der Waals surface area contributed by atoms with Gasteiger partial charge in [-0.1, -0.05) is 15.9 Å². The van der Waals surface area contributed by atoms with Crippen LogP contribution in [0.1, 0.15) is 10.4 Å². The predicted octanol–water partition coefficient (Wildman–Crippen LogP) is 3.80. The highest BCUT2D eigenvalue weighted by molar-refractivity contribution is 9.10. The van der Waals surface area contributed by atoms with Crippen LogP contribution in [0.4, 0.5) is 22.0 Å². The molecule has 0 N–H and O–H groups in total. The zero-order valence-electron chi connectivity index (χ0n) is 7.89. The Hall–Kier alpha value is -1.18. The van der Waals surface area contributed by atoms with E-state index in [1.54, 1.807) is 0 Å². The lowest BCUT2D eigenvalue weighted by Crippen LogP contribution is -2.20. The van der Waals surface area contributed by atoms with Crippen LogP contribution < -0.4 is 4.74 Å². The summed E-state index contributed by atoms with van der Waals surface area (Å²) in [5, 5.41) is 0. The molecule has 0 bridgehead atoms. The van der Waals surface area contributed by atoms with Crippen LogP contribution in [0.3, 0.4) is 0 Å². The summed E-state index contributed by atoms with van der Waals surface area (Å²) in [6.07, 6.45) is -8.45. The lowest BCUT2D eigenvalue weighted by molar-refractivity contribution is -0.274. The molecule has 0 spiro atoms. The van der Waals surface area contributed by atoms with Gasteiger partial charge in [0.05, 0.1) is 5.56 Å². The second-order valence-corrected chi connectivity index (χ2v) is 3.77. The monoisotopic (exact) mass is 318 g/mol. The van der Waals surface area contributed by atoms with E-state index < -0.39 is 29.9 Å². The van der Waals surface area contributed by atoms with Crippen LogP contribution >= 0.6 is 15.9 Å². The lowest BCUT2D eigenvalue weighted by Gasteiger charge is -2.12. The molecule has 0 saturated carbocycles. The number of ether oxygens (including phenoxy) is 1. The van der Waals surface area contributed by atoms with Crippen LogP contribution in [0.15, 0.2) is 22.7 Å². The molecular weight excluding hydrogens is 315 g/mol. The minimum atomic E-state index is -5.06. The van der Waals surface area contributed by atoms with Crippen molar-refractivity contribution in [2.45, 2.75) is 12.8 Å². The fourth-order valence-electron chi connectivity index (χ4n) is 1.03. The van der Waals surface area contributed by atoms with E-state index in [1.807, 2.05) is 0 Å². The van der Waals surface area contributed by atoms with Crippen molar-refractivity contribution in [2.75, 3.05) is 0 Å². The van der Waals surface area contributed by atoms with Gasteiger partial charge < -0.3 is 4.74 Å². The SMILES string of the molecule is O=C(c1ccc(Br)cc1OC(F)(F)F)C(F)F. The summed E-state index contributed by atoms with van der Waals surface area (Å²) in [6.45, 7) is 0. The predicted molar refractivity (Wildman–Crippen MR) is 51.2 cm³/mol. The number of Topliss-reactive ketones (excluding diaryl/α,β-unsaturated/α-hetero) is 1. The van der Waals surface area contributed by atoms with Gasteiger partial charge in [-0.05, 0) is 18.2 Å². The number of halogens is 6. The average Bonchev–Trinajstić information content (AvgIpc) is 2.14. The maximum atomic E-state index is 12.1. The summed E-state index contributed by atoms with van der Waals surface area (Å²) < 4.78 is 63.9. The highest BCUT2D eigenvalue weighted by atomic mass is 79.9. The molecule has 0 amide bonds. The summed E-state index contributed by atoms with van der Waals surface area (Å²) in [5.74, 6) is -2.69. The Morgan fingerprint density at radius 3 is 2.35 bits per heavy atom. The first-order chi connectivity index (χ1) is 7.70. The molecule has 94 valence electrons. The number of hydrogen-bond acceptors (Lipinski definition) is 2. The van der Waals surface area contributed by atoms with E-state index >= 15 is 0 Å². The van der Waals surface area contributed by atoms with Crippen LogP contribution in [0.2, 0.25) is 0 Å². The number of ketones is 1. The molecule has 0 saturated heterocycles. The quantitative estimate of drug-likeness (QED) is 0.626. The maximum Gasteiger partial charge on any atom is 0.573 e. The van der Waals surface area contributed by atoms with Gasteiger partial charge in [0.25, 0.3) is 0 Å². The van der Waals surface area contributed by atoms with Crippen LogP contribution in [-0.2, 0) is 0 Å². The van der Waals surface area contributed by atoms with Crippen molar-refractivity contribution in [1.82, 2.24) is 0 Å². The number of hydrogen-bond donors (Lipinski definition) is 0. The molecule has 2 nitrogen and oxygen atoms in total. The lowest BCUT2D eigenvalue weighted by atomic mass is 10.1. The largest absolute Gasteiger partial charge is 0.573 e. The normalized spacial score (nSPS) is 11.7. The van der Waals surface area contributed by atoms with Crippen LogP contribution in [0.25, 0.3) is 0 Å². The number of benzene rings is 1. The molecule has 0 fully saturated rings. The Balaban J connectivity index is 3.17. The van der Waals surface area contributed by atoms with E-state index in [4.69, 9.17) is 0 Å². The topological polar surface area (TPSA) is 26.3 Å². The molecule has 0 aliphatic rings. The van der Waals surface area contributed by atoms with Crippen molar-refractivity contribution in [3.63, 3.8) is 0 Å². The van der Waals surface area contributed by atoms with Gasteiger partial charge in [-0.3, -0.25) is 4.79 Å². The summed E-state index contributed by atoms with van der Waals surface area (Å²) in [6, 6.07) is 2.79. The second-order valence-electron chi connectivity index (χ2n) is 2.85. The average molecular weight is 319 g/mol. The number of rotatable bonds is 3. The van der Waals surface area contributed by atoms with E-state index in [2.05, 4.69) is 20.7 Å². The Morgan fingerprint density at radius 1 is 1.29 bits per heavy atom. The second kappa shape index (κ2) is 4.99. The maximum absolute atomic E-state index is 12.1. The van der Waals surface area contributed by atoms with Gasteiger partial charge in [0.15, 0.2) is 0 Å². The molecular formula is C9H4BrF5O2. The minimum Gasteiger partial charge on any atom is -0.405 e. The Morgan fingerprint density at radius 2 is 1.88 bits per heavy atom. The molecule has 0 unspecified atom stereocenters. The Kier molecular flexibility index (Phi) is 4.07. The van der Waals surface area contributed by atoms with Crippen molar-refractivity contribution < 1.29 is 31.5 Å². The van der Waals surface area contributed by atoms with Crippen molar-refractivity contribution in [3.8, 4) is 5.75 Å². The van der Waals surface area contributed by atoms with Crippen molar-refractivity contribution >= 4 is 21.7 Å². The molecule has 8 heteroatoms. The summed E-state index contributed by atoms with van der Waals surface area (Å²) in [7, 11) is 0. The van der Waals surface area contributed by atoms with Gasteiger partial charge in [-0.15, -0.1) is 13.2 Å². The molecule has 0 atom stereocenters. The molecule has 0 aliphatic carbocycles. The highest BCUT2D eigenvalue weighted by Gasteiger charge is 2.34. The number of carbonyl (C=O) groups is 1. The molecule has 1 aromatic rings. The fourth-order valence-corrected chi connectivity index (χ4v) is 1.37. The van der Waals surface area contributed by atoms with Crippen LogP contribution in [0, 0.1) is 0 Å². The van der Waals surface area contributed by atoms with Crippen molar-refractivity contribution in [2.24, 2.45) is 0 Å². The molecule has 0 aromatic heterocycles. The minimum absolute atomic E-state index is 0.169. The van der Waals surface area contributed by atoms with E-state index in [0.717, 1.165) is 12.1 Å². The summed E-state index contributed by atoms with van der Waals surface area (Å²) in [5.41, 5.74) is -0.819. The number of alkyl halides is 5. The zero-order chi connectivity index (χ0) is 13.2. The summed E-state index contributed by atoms with van der Waals surface area (Å²) in [4.78, 5) is 10.9. The van der Waals surface area contributed by atoms with Gasteiger partial charge in [0.2, 0.25) is 5.78 Å². The standard InChI is InChI=1S/C9H4BrF5O2/c10-4-1-2-5(7(16)8(11)12)6(3-4)17-9(13,14)15/h1-3,8H. The van der Waals surface area contributed by atoms with Gasteiger partial charge in [0, 0.05) is 4.47 Å². The first-order valence-corrected chi connectivity index (χ1v) is 4.87. The van der Waals surface area contributed by atoms with Crippen LogP contribution in [-0.4, -0.2) is 18.6 Å². The van der Waals surface area contributed by atoms with Crippen LogP contribution in [0.5, 0.6) is 5.75 Å². The first kappa shape index (κ1) is 13.9. The van der Waals surface area contributed by atoms with Crippen molar-refractivity contribution in [1.29, 1.82) is 0 Å². The zero-order valence-corrected chi connectivity index (χ0v) is 9.48. The van der Waals surface area contributed by atoms with Gasteiger partial charge >= 0.3 is 12.8 Å². The smallest absolute Gasteiger partial charge is 0.405 e. The van der Waals surface area contributed by atoms with E-state index in [9.17, 15) is 26.7 Å². The highest BCUT2D eigenvalue weighted by Crippen LogP contribution is 2.30. The first-order valence-electron chi connectivity index (χ1n) is 4.08.